The second kappa shape index (κ2) is 13.0. The van der Waals surface area contributed by atoms with Gasteiger partial charge < -0.3 is 16.5 Å². The first-order valence-corrected chi connectivity index (χ1v) is 11.6. The molecule has 0 amide bonds. The third-order valence-electron chi connectivity index (χ3n) is 6.49. The van der Waals surface area contributed by atoms with Crippen LogP contribution in [-0.2, 0) is 6.54 Å². The Balaban J connectivity index is 1.99. The molecule has 0 aliphatic carbocycles. The maximum atomic E-state index is 7.16. The number of benzene rings is 1. The van der Waals surface area contributed by atoms with E-state index >= 15 is 0 Å². The van der Waals surface area contributed by atoms with Crippen LogP contribution < -0.4 is 11.1 Å². The Labute approximate surface area is 194 Å². The van der Waals surface area contributed by atoms with Gasteiger partial charge in [0.15, 0.2) is 0 Å². The van der Waals surface area contributed by atoms with E-state index in [4.69, 9.17) is 11.1 Å². The van der Waals surface area contributed by atoms with Crippen molar-refractivity contribution >= 4 is 12.3 Å². The Bertz CT molecular complexity index is 817. The van der Waals surface area contributed by atoms with Crippen molar-refractivity contribution in [3.8, 4) is 0 Å². The number of hydrogen-bond acceptors (Lipinski definition) is 5. The molecule has 174 valence electrons. The molecule has 0 bridgehead atoms. The Morgan fingerprint density at radius 1 is 1.34 bits per heavy atom. The fourth-order valence-electron chi connectivity index (χ4n) is 4.30. The number of rotatable bonds is 13. The summed E-state index contributed by atoms with van der Waals surface area (Å²) in [6, 6.07) is 7.34. The standard InChI is InChI=1S/C27H41N5/c1-6-23-10-11-25(24-13-16-32(17-14-24)20-27(29)12-15-28)18-26(23)19-31(5)22(4)9-8-21(3)30-7-2/h6-7,10-12,15,18,22,24,28,30H,1-3,8-9,13-14,16-17,19-20,29H2,4-5H3/b27-12-,28-15?. The highest BCUT2D eigenvalue weighted by molar-refractivity contribution is 5.68. The SMILES string of the molecule is C=CNC(=C)CCC(C)N(C)Cc1cc(C2CCN(C/C(N)=C/C=N)CC2)ccc1C=C. The lowest BCUT2D eigenvalue weighted by Crippen LogP contribution is -2.35. The number of allylic oxidation sites excluding steroid dienone is 2. The number of likely N-dealkylation sites (tertiary alicyclic amines) is 1. The van der Waals surface area contributed by atoms with E-state index in [0.29, 0.717) is 12.0 Å². The van der Waals surface area contributed by atoms with Crippen LogP contribution in [0.5, 0.6) is 0 Å². The number of nitrogens with two attached hydrogens (primary N) is 1. The number of piperidine rings is 1. The molecular weight excluding hydrogens is 394 g/mol. The van der Waals surface area contributed by atoms with Crippen molar-refractivity contribution in [1.82, 2.24) is 15.1 Å². The van der Waals surface area contributed by atoms with Gasteiger partial charge in [0.2, 0.25) is 0 Å². The van der Waals surface area contributed by atoms with Crippen molar-refractivity contribution in [3.63, 3.8) is 0 Å². The fraction of sp³-hybridized carbons (Fsp3) is 0.444. The van der Waals surface area contributed by atoms with Gasteiger partial charge in [-0.05, 0) is 87.6 Å². The van der Waals surface area contributed by atoms with Crippen molar-refractivity contribution in [2.24, 2.45) is 5.73 Å². The van der Waals surface area contributed by atoms with Gasteiger partial charge in [-0.25, -0.2) is 0 Å². The van der Waals surface area contributed by atoms with Gasteiger partial charge in [0, 0.05) is 36.7 Å². The maximum absolute atomic E-state index is 7.16. The Morgan fingerprint density at radius 3 is 2.69 bits per heavy atom. The van der Waals surface area contributed by atoms with Gasteiger partial charge in [0.25, 0.3) is 0 Å². The largest absolute Gasteiger partial charge is 0.401 e. The summed E-state index contributed by atoms with van der Waals surface area (Å²) in [6.07, 6.45) is 10.8. The van der Waals surface area contributed by atoms with Gasteiger partial charge in [0.1, 0.15) is 0 Å². The molecule has 1 aromatic rings. The van der Waals surface area contributed by atoms with Crippen LogP contribution in [-0.4, -0.2) is 48.7 Å². The second-order valence-electron chi connectivity index (χ2n) is 8.88. The molecule has 5 heteroatoms. The van der Waals surface area contributed by atoms with Gasteiger partial charge in [-0.1, -0.05) is 44.0 Å². The van der Waals surface area contributed by atoms with E-state index in [1.54, 1.807) is 12.3 Å². The van der Waals surface area contributed by atoms with Crippen molar-refractivity contribution in [3.05, 3.63) is 78.3 Å². The molecular formula is C27H41N5. The molecule has 0 aromatic heterocycles. The quantitative estimate of drug-likeness (QED) is 0.388. The van der Waals surface area contributed by atoms with E-state index in [9.17, 15) is 0 Å². The summed E-state index contributed by atoms with van der Waals surface area (Å²) >= 11 is 0. The van der Waals surface area contributed by atoms with Gasteiger partial charge in [-0.2, -0.15) is 0 Å². The van der Waals surface area contributed by atoms with E-state index in [1.165, 1.54) is 22.9 Å². The molecule has 1 atom stereocenters. The lowest BCUT2D eigenvalue weighted by atomic mass is 9.87. The lowest BCUT2D eigenvalue weighted by Gasteiger charge is -2.32. The lowest BCUT2D eigenvalue weighted by molar-refractivity contribution is 0.227. The summed E-state index contributed by atoms with van der Waals surface area (Å²) in [4.78, 5) is 4.80. The van der Waals surface area contributed by atoms with E-state index in [0.717, 1.165) is 63.3 Å². The number of nitrogens with one attached hydrogen (secondary N) is 2. The van der Waals surface area contributed by atoms with Crippen LogP contribution in [0.1, 0.15) is 55.2 Å². The number of hydrogen-bond donors (Lipinski definition) is 3. The third-order valence-corrected chi connectivity index (χ3v) is 6.49. The molecule has 4 N–H and O–H groups in total. The molecule has 1 aromatic carbocycles. The van der Waals surface area contributed by atoms with Gasteiger partial charge in [-0.15, -0.1) is 0 Å². The molecule has 1 heterocycles. The molecule has 1 aliphatic rings. The average molecular weight is 436 g/mol. The van der Waals surface area contributed by atoms with Crippen molar-refractivity contribution in [2.75, 3.05) is 26.7 Å². The van der Waals surface area contributed by atoms with Crippen molar-refractivity contribution < 1.29 is 0 Å². The van der Waals surface area contributed by atoms with E-state index < -0.39 is 0 Å². The predicted molar refractivity (Wildman–Crippen MR) is 139 cm³/mol. The minimum atomic E-state index is 0.447. The smallest absolute Gasteiger partial charge is 0.0380 e. The molecule has 1 fully saturated rings. The first-order valence-electron chi connectivity index (χ1n) is 11.6. The zero-order valence-corrected chi connectivity index (χ0v) is 19.9. The summed E-state index contributed by atoms with van der Waals surface area (Å²) in [7, 11) is 2.19. The van der Waals surface area contributed by atoms with Crippen LogP contribution in [0.3, 0.4) is 0 Å². The van der Waals surface area contributed by atoms with Crippen LogP contribution in [0.2, 0.25) is 0 Å². The average Bonchev–Trinajstić information content (AvgIpc) is 2.78. The third kappa shape index (κ3) is 7.81. The summed E-state index contributed by atoms with van der Waals surface area (Å²) < 4.78 is 0. The summed E-state index contributed by atoms with van der Waals surface area (Å²) in [5.74, 6) is 0.577. The predicted octanol–water partition coefficient (Wildman–Crippen LogP) is 4.85. The highest BCUT2D eigenvalue weighted by Gasteiger charge is 2.22. The molecule has 1 aliphatic heterocycles. The molecule has 0 spiro atoms. The first kappa shape index (κ1) is 25.6. The van der Waals surface area contributed by atoms with Crippen LogP contribution in [0.4, 0.5) is 0 Å². The highest BCUT2D eigenvalue weighted by Crippen LogP contribution is 2.30. The van der Waals surface area contributed by atoms with Gasteiger partial charge in [-0.3, -0.25) is 9.80 Å². The first-order chi connectivity index (χ1) is 15.4. The molecule has 32 heavy (non-hydrogen) atoms. The van der Waals surface area contributed by atoms with Gasteiger partial charge >= 0.3 is 0 Å². The second-order valence-corrected chi connectivity index (χ2v) is 8.88. The fourth-order valence-corrected chi connectivity index (χ4v) is 4.30. The molecule has 1 saturated heterocycles. The van der Waals surface area contributed by atoms with Crippen LogP contribution >= 0.6 is 0 Å². The summed E-state index contributed by atoms with van der Waals surface area (Å²) in [6.45, 7) is 17.8. The Hall–Kier alpha value is -2.63. The molecule has 0 saturated carbocycles. The van der Waals surface area contributed by atoms with Crippen molar-refractivity contribution in [1.29, 1.82) is 5.41 Å². The minimum absolute atomic E-state index is 0.447. The highest BCUT2D eigenvalue weighted by atomic mass is 15.1. The summed E-state index contributed by atoms with van der Waals surface area (Å²) in [5.41, 5.74) is 11.7. The molecule has 1 unspecified atom stereocenters. The zero-order chi connectivity index (χ0) is 23.5. The van der Waals surface area contributed by atoms with E-state index in [1.807, 2.05) is 6.08 Å². The molecule has 5 nitrogen and oxygen atoms in total. The zero-order valence-electron chi connectivity index (χ0n) is 19.9. The number of nitrogens with zero attached hydrogens (tertiary/aromatic N) is 2. The van der Waals surface area contributed by atoms with E-state index in [2.05, 4.69) is 67.0 Å². The van der Waals surface area contributed by atoms with Crippen LogP contribution in [0.25, 0.3) is 6.08 Å². The topological polar surface area (TPSA) is 68.4 Å². The molecule has 0 radical (unpaired) electrons. The van der Waals surface area contributed by atoms with Crippen molar-refractivity contribution in [2.45, 2.75) is 51.1 Å². The molecule has 2 rings (SSSR count). The Morgan fingerprint density at radius 2 is 2.06 bits per heavy atom. The summed E-state index contributed by atoms with van der Waals surface area (Å²) in [5, 5.41) is 10.2. The Kier molecular flexibility index (Phi) is 10.4. The monoisotopic (exact) mass is 435 g/mol. The van der Waals surface area contributed by atoms with Crippen LogP contribution in [0.15, 0.2) is 61.6 Å². The maximum Gasteiger partial charge on any atom is 0.0380 e. The normalized spacial score (nSPS) is 16.5. The van der Waals surface area contributed by atoms with Crippen LogP contribution in [0, 0.1) is 5.41 Å². The van der Waals surface area contributed by atoms with E-state index in [-0.39, 0.29) is 0 Å². The van der Waals surface area contributed by atoms with Gasteiger partial charge in [0.05, 0.1) is 0 Å². The minimum Gasteiger partial charge on any atom is -0.401 e.